The van der Waals surface area contributed by atoms with Crippen LogP contribution in [-0.2, 0) is 5.54 Å². The smallest absolute Gasteiger partial charge is 0.196 e. The van der Waals surface area contributed by atoms with Gasteiger partial charge < -0.3 is 0 Å². The molecule has 0 bridgehead atoms. The molecule has 2 aromatic rings. The van der Waals surface area contributed by atoms with Crippen molar-refractivity contribution in [2.75, 3.05) is 5.01 Å². The van der Waals surface area contributed by atoms with Gasteiger partial charge in [0, 0.05) is 5.56 Å². The first-order valence-corrected chi connectivity index (χ1v) is 6.02. The Balaban J connectivity index is 2.24. The van der Waals surface area contributed by atoms with Gasteiger partial charge in [-0.3, -0.25) is 4.79 Å². The van der Waals surface area contributed by atoms with E-state index in [0.29, 0.717) is 11.3 Å². The van der Waals surface area contributed by atoms with Crippen molar-refractivity contribution in [1.82, 2.24) is 0 Å². The molecule has 1 unspecified atom stereocenters. The van der Waals surface area contributed by atoms with Gasteiger partial charge in [-0.1, -0.05) is 42.5 Å². The van der Waals surface area contributed by atoms with Gasteiger partial charge in [-0.15, -0.1) is 4.91 Å². The third-order valence-corrected chi connectivity index (χ3v) is 3.66. The van der Waals surface area contributed by atoms with Gasteiger partial charge in [-0.25, -0.2) is 5.01 Å². The van der Waals surface area contributed by atoms with Gasteiger partial charge in [0.15, 0.2) is 11.3 Å². The zero-order valence-corrected chi connectivity index (χ0v) is 10.4. The lowest BCUT2D eigenvalue weighted by atomic mass is 9.87. The van der Waals surface area contributed by atoms with E-state index in [0.717, 1.165) is 5.56 Å². The number of benzene rings is 2. The Morgan fingerprint density at radius 3 is 2.32 bits per heavy atom. The fourth-order valence-electron chi connectivity index (χ4n) is 2.59. The predicted octanol–water partition coefficient (Wildman–Crippen LogP) is 3.29. The van der Waals surface area contributed by atoms with Crippen LogP contribution in [0.3, 0.4) is 0 Å². The topological polar surface area (TPSA) is 49.7 Å². The molecule has 1 heterocycles. The van der Waals surface area contributed by atoms with Gasteiger partial charge in [-0.05, 0) is 24.6 Å². The summed E-state index contributed by atoms with van der Waals surface area (Å²) >= 11 is 0. The van der Waals surface area contributed by atoms with Crippen LogP contribution >= 0.6 is 0 Å². The highest BCUT2D eigenvalue weighted by molar-refractivity contribution is 6.13. The highest BCUT2D eigenvalue weighted by Gasteiger charge is 2.50. The fraction of sp³-hybridized carbons (Fsp3) is 0.133. The van der Waals surface area contributed by atoms with Crippen LogP contribution < -0.4 is 5.01 Å². The average molecular weight is 252 g/mol. The second-order valence-electron chi connectivity index (χ2n) is 4.68. The number of hydrogen-bond acceptors (Lipinski definition) is 3. The molecule has 0 aliphatic carbocycles. The van der Waals surface area contributed by atoms with E-state index >= 15 is 0 Å². The summed E-state index contributed by atoms with van der Waals surface area (Å²) in [6.45, 7) is 1.73. The lowest BCUT2D eigenvalue weighted by molar-refractivity contribution is 0.0911. The van der Waals surface area contributed by atoms with Crippen molar-refractivity contribution < 1.29 is 4.79 Å². The number of anilines is 1. The molecule has 0 N–H and O–H groups in total. The van der Waals surface area contributed by atoms with E-state index in [1.165, 1.54) is 5.01 Å². The molecule has 4 nitrogen and oxygen atoms in total. The molecule has 0 amide bonds. The average Bonchev–Trinajstić information content (AvgIpc) is 2.70. The largest absolute Gasteiger partial charge is 0.291 e. The quantitative estimate of drug-likeness (QED) is 0.770. The van der Waals surface area contributed by atoms with E-state index in [-0.39, 0.29) is 5.78 Å². The summed E-state index contributed by atoms with van der Waals surface area (Å²) in [5.41, 5.74) is 0.797. The van der Waals surface area contributed by atoms with Crippen molar-refractivity contribution in [1.29, 1.82) is 0 Å². The van der Waals surface area contributed by atoms with Crippen LogP contribution in [0.25, 0.3) is 0 Å². The summed E-state index contributed by atoms with van der Waals surface area (Å²) < 4.78 is 0. The molecule has 0 aromatic heterocycles. The van der Waals surface area contributed by atoms with Crippen molar-refractivity contribution in [3.05, 3.63) is 70.6 Å². The number of carbonyl (C=O) groups is 1. The predicted molar refractivity (Wildman–Crippen MR) is 72.8 cm³/mol. The maximum absolute atomic E-state index is 12.6. The minimum atomic E-state index is -1.06. The Labute approximate surface area is 110 Å². The van der Waals surface area contributed by atoms with Crippen LogP contribution in [0, 0.1) is 4.91 Å². The summed E-state index contributed by atoms with van der Waals surface area (Å²) in [4.78, 5) is 23.9. The minimum Gasteiger partial charge on any atom is -0.291 e. The normalized spacial score (nSPS) is 21.3. The van der Waals surface area contributed by atoms with Gasteiger partial charge >= 0.3 is 0 Å². The lowest BCUT2D eigenvalue weighted by Crippen LogP contribution is -2.41. The fourth-order valence-corrected chi connectivity index (χ4v) is 2.59. The molecule has 0 saturated carbocycles. The maximum Gasteiger partial charge on any atom is 0.196 e. The number of Topliss-reactive ketones (excluding diaryl/α,β-unsaturated/α-hetero) is 1. The van der Waals surface area contributed by atoms with E-state index < -0.39 is 5.54 Å². The molecule has 2 aromatic carbocycles. The van der Waals surface area contributed by atoms with E-state index in [4.69, 9.17) is 0 Å². The van der Waals surface area contributed by atoms with E-state index in [9.17, 15) is 9.70 Å². The molecule has 1 aliphatic heterocycles. The van der Waals surface area contributed by atoms with Gasteiger partial charge in [0.25, 0.3) is 0 Å². The number of carbonyl (C=O) groups excluding carboxylic acids is 1. The molecule has 0 saturated heterocycles. The van der Waals surface area contributed by atoms with Gasteiger partial charge in [-0.2, -0.15) is 0 Å². The van der Waals surface area contributed by atoms with Crippen molar-refractivity contribution in [2.24, 2.45) is 5.29 Å². The highest BCUT2D eigenvalue weighted by atomic mass is 16.3. The van der Waals surface area contributed by atoms with Gasteiger partial charge in [0.1, 0.15) is 0 Å². The third kappa shape index (κ3) is 1.43. The highest BCUT2D eigenvalue weighted by Crippen LogP contribution is 2.44. The molecule has 4 heteroatoms. The van der Waals surface area contributed by atoms with Crippen LogP contribution in [0.1, 0.15) is 22.8 Å². The molecule has 0 fully saturated rings. The number of hydrogen-bond donors (Lipinski definition) is 0. The SMILES string of the molecule is CC1(c2ccccc2)C(=O)c2ccccc2N1N=O. The van der Waals surface area contributed by atoms with E-state index in [1.54, 1.807) is 31.2 Å². The molecule has 19 heavy (non-hydrogen) atoms. The molecule has 0 spiro atoms. The third-order valence-electron chi connectivity index (χ3n) is 3.66. The van der Waals surface area contributed by atoms with Gasteiger partial charge in [0.2, 0.25) is 0 Å². The first kappa shape index (κ1) is 11.6. The number of para-hydroxylation sites is 1. The van der Waals surface area contributed by atoms with Crippen LogP contribution in [0.4, 0.5) is 5.69 Å². The van der Waals surface area contributed by atoms with Gasteiger partial charge in [0.05, 0.1) is 11.0 Å². The van der Waals surface area contributed by atoms with Crippen LogP contribution in [-0.4, -0.2) is 5.78 Å². The Morgan fingerprint density at radius 1 is 1.00 bits per heavy atom. The molecule has 1 atom stereocenters. The lowest BCUT2D eigenvalue weighted by Gasteiger charge is -2.29. The summed E-state index contributed by atoms with van der Waals surface area (Å²) in [7, 11) is 0. The number of rotatable bonds is 2. The maximum atomic E-state index is 12.6. The Morgan fingerprint density at radius 2 is 1.63 bits per heavy atom. The first-order valence-electron chi connectivity index (χ1n) is 6.02. The number of nitroso groups, excluding NO2 is 1. The Kier molecular flexibility index (Phi) is 2.45. The van der Waals surface area contributed by atoms with Crippen LogP contribution in [0.15, 0.2) is 59.9 Å². The van der Waals surface area contributed by atoms with Crippen molar-refractivity contribution in [3.8, 4) is 0 Å². The second kappa shape index (κ2) is 4.02. The molecule has 3 rings (SSSR count). The number of ketones is 1. The van der Waals surface area contributed by atoms with Crippen molar-refractivity contribution >= 4 is 11.5 Å². The number of nitrogens with zero attached hydrogens (tertiary/aromatic N) is 2. The summed E-state index contributed by atoms with van der Waals surface area (Å²) in [6, 6.07) is 16.3. The molecule has 94 valence electrons. The summed E-state index contributed by atoms with van der Waals surface area (Å²) in [5, 5.41) is 4.34. The number of fused-ring (bicyclic) bond motifs is 1. The van der Waals surface area contributed by atoms with Crippen LogP contribution in [0.2, 0.25) is 0 Å². The summed E-state index contributed by atoms with van der Waals surface area (Å²) in [5.74, 6) is -0.103. The Hall–Kier alpha value is -2.49. The van der Waals surface area contributed by atoms with Crippen molar-refractivity contribution in [2.45, 2.75) is 12.5 Å². The standard InChI is InChI=1S/C15H12N2O2/c1-15(11-7-3-2-4-8-11)14(18)12-9-5-6-10-13(12)17(15)16-19/h2-10H,1H3. The first-order chi connectivity index (χ1) is 9.19. The monoisotopic (exact) mass is 252 g/mol. The zero-order chi connectivity index (χ0) is 13.5. The molecular formula is C15H12N2O2. The summed E-state index contributed by atoms with van der Waals surface area (Å²) in [6.07, 6.45) is 0. The van der Waals surface area contributed by atoms with E-state index in [1.807, 2.05) is 30.3 Å². The second-order valence-corrected chi connectivity index (χ2v) is 4.68. The molecular weight excluding hydrogens is 240 g/mol. The molecule has 1 aliphatic rings. The Bertz CT molecular complexity index is 654. The van der Waals surface area contributed by atoms with Crippen LogP contribution in [0.5, 0.6) is 0 Å². The molecule has 0 radical (unpaired) electrons. The zero-order valence-electron chi connectivity index (χ0n) is 10.4. The van der Waals surface area contributed by atoms with Crippen molar-refractivity contribution in [3.63, 3.8) is 0 Å². The minimum absolute atomic E-state index is 0.103. The van der Waals surface area contributed by atoms with E-state index in [2.05, 4.69) is 5.29 Å².